The van der Waals surface area contributed by atoms with Gasteiger partial charge in [0.1, 0.15) is 0 Å². The second kappa shape index (κ2) is 5.97. The van der Waals surface area contributed by atoms with Gasteiger partial charge in [-0.15, -0.1) is 0 Å². The molecule has 1 heterocycles. The number of likely N-dealkylation sites (tertiary alicyclic amines) is 1. The summed E-state index contributed by atoms with van der Waals surface area (Å²) in [4.78, 5) is 12.0. The van der Waals surface area contributed by atoms with Crippen LogP contribution in [0.15, 0.2) is 24.3 Å². The lowest BCUT2D eigenvalue weighted by Crippen LogP contribution is -2.38. The normalized spacial score (nSPS) is 24.1. The zero-order valence-corrected chi connectivity index (χ0v) is 10.8. The highest BCUT2D eigenvalue weighted by Gasteiger charge is 2.26. The van der Waals surface area contributed by atoms with Gasteiger partial charge in [0.2, 0.25) is 0 Å². The fraction of sp³-hybridized carbons (Fsp3) is 0.538. The third-order valence-corrected chi connectivity index (χ3v) is 3.43. The van der Waals surface area contributed by atoms with Crippen LogP contribution in [-0.2, 0) is 0 Å². The molecule has 1 aromatic rings. The number of piperidine rings is 1. The lowest BCUT2D eigenvalue weighted by Gasteiger charge is -2.32. The molecular weight excluding hydrogens is 251 g/mol. The molecule has 0 amide bonds. The molecule has 5 nitrogen and oxygen atoms in total. The van der Waals surface area contributed by atoms with Crippen LogP contribution in [0.1, 0.15) is 12.8 Å². The Morgan fingerprint density at radius 3 is 2.95 bits per heavy atom. The first kappa shape index (κ1) is 13.7. The molecular formula is C13H17FN2O3. The van der Waals surface area contributed by atoms with Crippen LogP contribution in [0.25, 0.3) is 0 Å². The van der Waals surface area contributed by atoms with Crippen LogP contribution in [0.4, 0.5) is 10.1 Å². The average molecular weight is 268 g/mol. The molecule has 19 heavy (non-hydrogen) atoms. The van der Waals surface area contributed by atoms with Crippen molar-refractivity contribution in [2.24, 2.45) is 5.92 Å². The van der Waals surface area contributed by atoms with E-state index in [4.69, 9.17) is 4.74 Å². The number of para-hydroxylation sites is 2. The number of hydrogen-bond acceptors (Lipinski definition) is 4. The highest BCUT2D eigenvalue weighted by molar-refractivity contribution is 5.45. The molecule has 2 unspecified atom stereocenters. The average Bonchev–Trinajstić information content (AvgIpc) is 2.40. The van der Waals surface area contributed by atoms with Gasteiger partial charge in [0, 0.05) is 12.6 Å². The van der Waals surface area contributed by atoms with Crippen LogP contribution < -0.4 is 4.74 Å². The summed E-state index contributed by atoms with van der Waals surface area (Å²) in [5.41, 5.74) is -0.0489. The smallest absolute Gasteiger partial charge is 0.310 e. The zero-order chi connectivity index (χ0) is 13.8. The molecule has 1 saturated heterocycles. The second-order valence-corrected chi connectivity index (χ2v) is 4.84. The number of nitro groups is 1. The third kappa shape index (κ3) is 3.41. The lowest BCUT2D eigenvalue weighted by atomic mass is 9.97. The summed E-state index contributed by atoms with van der Waals surface area (Å²) in [5, 5.41) is 10.8. The number of hydrogen-bond donors (Lipinski definition) is 0. The monoisotopic (exact) mass is 268 g/mol. The Hall–Kier alpha value is -1.69. The molecule has 2 rings (SSSR count). The van der Waals surface area contributed by atoms with E-state index in [1.54, 1.807) is 30.1 Å². The van der Waals surface area contributed by atoms with E-state index in [0.717, 1.165) is 6.42 Å². The van der Waals surface area contributed by atoms with E-state index in [-0.39, 0.29) is 17.4 Å². The van der Waals surface area contributed by atoms with Crippen LogP contribution in [0, 0.1) is 16.0 Å². The first-order valence-electron chi connectivity index (χ1n) is 6.28. The number of alkyl halides is 1. The Morgan fingerprint density at radius 1 is 1.53 bits per heavy atom. The Morgan fingerprint density at radius 2 is 2.26 bits per heavy atom. The predicted molar refractivity (Wildman–Crippen MR) is 68.8 cm³/mol. The van der Waals surface area contributed by atoms with E-state index in [1.165, 1.54) is 6.07 Å². The van der Waals surface area contributed by atoms with Crippen LogP contribution in [0.2, 0.25) is 0 Å². The second-order valence-electron chi connectivity index (χ2n) is 4.84. The van der Waals surface area contributed by atoms with Gasteiger partial charge in [-0.2, -0.15) is 0 Å². The van der Waals surface area contributed by atoms with Gasteiger partial charge >= 0.3 is 5.69 Å². The molecule has 104 valence electrons. The fourth-order valence-corrected chi connectivity index (χ4v) is 2.19. The molecule has 1 aliphatic heterocycles. The topological polar surface area (TPSA) is 55.6 Å². The molecule has 0 radical (unpaired) electrons. The van der Waals surface area contributed by atoms with Crippen molar-refractivity contribution in [1.82, 2.24) is 4.90 Å². The van der Waals surface area contributed by atoms with Crippen molar-refractivity contribution in [3.63, 3.8) is 0 Å². The summed E-state index contributed by atoms with van der Waals surface area (Å²) in [6, 6.07) is 6.26. The lowest BCUT2D eigenvalue weighted by molar-refractivity contribution is -0.385. The molecule has 1 aliphatic rings. The minimum absolute atomic E-state index is 0.0489. The summed E-state index contributed by atoms with van der Waals surface area (Å²) >= 11 is 0. The molecule has 0 aromatic heterocycles. The number of ether oxygens (including phenoxy) is 1. The number of nitrogens with zero attached hydrogens (tertiary/aromatic N) is 2. The molecule has 0 saturated carbocycles. The largest absolute Gasteiger partial charge is 0.487 e. The maximum atomic E-state index is 13.5. The maximum absolute atomic E-state index is 13.5. The van der Waals surface area contributed by atoms with E-state index in [0.29, 0.717) is 19.6 Å². The standard InChI is InChI=1S/C13H17FN2O3/c1-15-7-6-10(8-13(15)14)9-19-12-5-3-2-4-11(12)16(17)18/h2-5,10,13H,6-9H2,1H3. The zero-order valence-electron chi connectivity index (χ0n) is 10.8. The van der Waals surface area contributed by atoms with Gasteiger partial charge in [-0.05, 0) is 31.9 Å². The van der Waals surface area contributed by atoms with Crippen molar-refractivity contribution >= 4 is 5.69 Å². The van der Waals surface area contributed by atoms with Crippen molar-refractivity contribution in [2.45, 2.75) is 19.1 Å². The molecule has 0 aliphatic carbocycles. The minimum atomic E-state index is -0.951. The van der Waals surface area contributed by atoms with Gasteiger partial charge in [-0.3, -0.25) is 15.0 Å². The minimum Gasteiger partial charge on any atom is -0.487 e. The van der Waals surface area contributed by atoms with Crippen molar-refractivity contribution in [2.75, 3.05) is 20.2 Å². The van der Waals surface area contributed by atoms with Gasteiger partial charge in [-0.25, -0.2) is 4.39 Å². The Kier molecular flexibility index (Phi) is 4.31. The van der Waals surface area contributed by atoms with Gasteiger partial charge in [0.25, 0.3) is 0 Å². The maximum Gasteiger partial charge on any atom is 0.310 e. The van der Waals surface area contributed by atoms with Crippen LogP contribution in [0.5, 0.6) is 5.75 Å². The highest BCUT2D eigenvalue weighted by Crippen LogP contribution is 2.28. The van der Waals surface area contributed by atoms with Crippen molar-refractivity contribution in [3.05, 3.63) is 34.4 Å². The predicted octanol–water partition coefficient (Wildman–Crippen LogP) is 2.61. The quantitative estimate of drug-likeness (QED) is 0.478. The SMILES string of the molecule is CN1CCC(COc2ccccc2[N+](=O)[O-])CC1F. The van der Waals surface area contributed by atoms with Crippen molar-refractivity contribution in [1.29, 1.82) is 0 Å². The molecule has 6 heteroatoms. The van der Waals surface area contributed by atoms with E-state index in [2.05, 4.69) is 0 Å². The molecule has 1 aromatic carbocycles. The Labute approximate surface area is 111 Å². The summed E-state index contributed by atoms with van der Waals surface area (Å²) in [6.07, 6.45) is 0.308. The van der Waals surface area contributed by atoms with Crippen molar-refractivity contribution in [3.8, 4) is 5.75 Å². The molecule has 2 atom stereocenters. The highest BCUT2D eigenvalue weighted by atomic mass is 19.1. The van der Waals surface area contributed by atoms with Gasteiger partial charge in [0.15, 0.2) is 12.0 Å². The summed E-state index contributed by atoms with van der Waals surface area (Å²) in [5.74, 6) is 0.354. The molecule has 0 spiro atoms. The van der Waals surface area contributed by atoms with E-state index < -0.39 is 11.2 Å². The first-order chi connectivity index (χ1) is 9.08. The summed E-state index contributed by atoms with van der Waals surface area (Å²) in [6.45, 7) is 1.01. The number of nitro benzene ring substituents is 1. The molecule has 0 bridgehead atoms. The fourth-order valence-electron chi connectivity index (χ4n) is 2.19. The van der Waals surface area contributed by atoms with Gasteiger partial charge in [0.05, 0.1) is 11.5 Å². The van der Waals surface area contributed by atoms with Gasteiger partial charge < -0.3 is 4.74 Å². The first-order valence-corrected chi connectivity index (χ1v) is 6.28. The van der Waals surface area contributed by atoms with E-state index in [9.17, 15) is 14.5 Å². The Balaban J connectivity index is 1.94. The molecule has 0 N–H and O–H groups in total. The number of halogens is 1. The molecule has 1 fully saturated rings. The summed E-state index contributed by atoms with van der Waals surface area (Å²) in [7, 11) is 1.75. The third-order valence-electron chi connectivity index (χ3n) is 3.43. The van der Waals surface area contributed by atoms with Crippen LogP contribution >= 0.6 is 0 Å². The van der Waals surface area contributed by atoms with Crippen LogP contribution in [-0.4, -0.2) is 36.3 Å². The van der Waals surface area contributed by atoms with Gasteiger partial charge in [-0.1, -0.05) is 12.1 Å². The number of rotatable bonds is 4. The number of benzene rings is 1. The Bertz CT molecular complexity index is 455. The summed E-state index contributed by atoms with van der Waals surface area (Å²) < 4.78 is 19.0. The van der Waals surface area contributed by atoms with Crippen LogP contribution in [0.3, 0.4) is 0 Å². The van der Waals surface area contributed by atoms with E-state index in [1.807, 2.05) is 0 Å². The van der Waals surface area contributed by atoms with E-state index >= 15 is 0 Å². The van der Waals surface area contributed by atoms with Crippen molar-refractivity contribution < 1.29 is 14.1 Å².